The Hall–Kier alpha value is -2.77. The van der Waals surface area contributed by atoms with Gasteiger partial charge in [-0.05, 0) is 30.2 Å². The highest BCUT2D eigenvalue weighted by Gasteiger charge is 2.35. The van der Waals surface area contributed by atoms with Crippen LogP contribution in [0.2, 0.25) is 0 Å². The van der Waals surface area contributed by atoms with Gasteiger partial charge in [-0.25, -0.2) is 14.4 Å². The molecule has 0 aliphatic carbocycles. The Morgan fingerprint density at radius 3 is 2.50 bits per heavy atom. The van der Waals surface area contributed by atoms with Crippen LogP contribution in [0.4, 0.5) is 17.6 Å². The molecule has 11 heteroatoms. The van der Waals surface area contributed by atoms with Crippen molar-refractivity contribution in [2.45, 2.75) is 44.3 Å². The highest BCUT2D eigenvalue weighted by atomic mass is 35.5. The van der Waals surface area contributed by atoms with Gasteiger partial charge < -0.3 is 10.6 Å². The summed E-state index contributed by atoms with van der Waals surface area (Å²) in [6.45, 7) is 1.67. The molecule has 0 spiro atoms. The lowest BCUT2D eigenvalue weighted by atomic mass is 10.0. The summed E-state index contributed by atoms with van der Waals surface area (Å²) >= 11 is 0. The third-order valence-electron chi connectivity index (χ3n) is 4.70. The molecule has 1 aliphatic heterocycles. The standard InChI is InChI=1S/C19H17F4N5O.ClH/c1-10-15(20)5-16(28-10)17(29)25-7-13-4-11(2-3-12(13)6-24)14-8-26-18(27-9-14)19(21,22)23;/h2-4,8-10,15-16,28H,5,7H2,1H3,(H,25,29);1H/t10-,15+,16-;/m0./s1. The SMILES string of the molecule is C[C@@H]1N[C@H](C(=O)NCc2cc(-c3cnc(C(F)(F)F)nc3)ccc2C#N)C[C@H]1F.Cl. The highest BCUT2D eigenvalue weighted by Crippen LogP contribution is 2.27. The van der Waals surface area contributed by atoms with Crippen molar-refractivity contribution in [1.82, 2.24) is 20.6 Å². The fraction of sp³-hybridized carbons (Fsp3) is 0.368. The molecule has 0 unspecified atom stereocenters. The van der Waals surface area contributed by atoms with E-state index in [-0.39, 0.29) is 31.3 Å². The van der Waals surface area contributed by atoms with E-state index in [1.807, 2.05) is 6.07 Å². The molecule has 1 aliphatic rings. The summed E-state index contributed by atoms with van der Waals surface area (Å²) < 4.78 is 51.4. The van der Waals surface area contributed by atoms with Crippen molar-refractivity contribution < 1.29 is 22.4 Å². The van der Waals surface area contributed by atoms with Crippen molar-refractivity contribution in [2.75, 3.05) is 0 Å². The minimum absolute atomic E-state index is 0. The second-order valence-electron chi connectivity index (χ2n) is 6.75. The van der Waals surface area contributed by atoms with Gasteiger partial charge in [0.2, 0.25) is 11.7 Å². The van der Waals surface area contributed by atoms with Crippen molar-refractivity contribution in [1.29, 1.82) is 5.26 Å². The molecule has 1 amide bonds. The Bertz CT molecular complexity index is 935. The van der Waals surface area contributed by atoms with Crippen LogP contribution in [0, 0.1) is 11.3 Å². The smallest absolute Gasteiger partial charge is 0.351 e. The zero-order valence-corrected chi connectivity index (χ0v) is 16.5. The molecule has 3 rings (SSSR count). The molecule has 2 N–H and O–H groups in total. The maximum Gasteiger partial charge on any atom is 0.451 e. The van der Waals surface area contributed by atoms with Crippen LogP contribution in [0.25, 0.3) is 11.1 Å². The molecule has 1 saturated heterocycles. The molecule has 0 radical (unpaired) electrons. The third kappa shape index (κ3) is 5.23. The van der Waals surface area contributed by atoms with Crippen LogP contribution < -0.4 is 10.6 Å². The van der Waals surface area contributed by atoms with E-state index < -0.39 is 30.3 Å². The Balaban J connectivity index is 0.00000320. The first-order chi connectivity index (χ1) is 13.7. The van der Waals surface area contributed by atoms with E-state index in [0.717, 1.165) is 12.4 Å². The second-order valence-corrected chi connectivity index (χ2v) is 6.75. The largest absolute Gasteiger partial charge is 0.451 e. The lowest BCUT2D eigenvalue weighted by Gasteiger charge is -2.13. The van der Waals surface area contributed by atoms with Crippen LogP contribution in [-0.4, -0.2) is 34.1 Å². The van der Waals surface area contributed by atoms with E-state index in [0.29, 0.717) is 22.3 Å². The molecule has 160 valence electrons. The first-order valence-corrected chi connectivity index (χ1v) is 8.79. The molecular weight excluding hydrogens is 426 g/mol. The first kappa shape index (κ1) is 23.5. The van der Waals surface area contributed by atoms with Gasteiger partial charge in [0, 0.05) is 37.0 Å². The average Bonchev–Trinajstić information content (AvgIpc) is 3.04. The summed E-state index contributed by atoms with van der Waals surface area (Å²) in [5.74, 6) is -1.63. The van der Waals surface area contributed by atoms with Gasteiger partial charge in [-0.3, -0.25) is 4.79 Å². The molecule has 0 bridgehead atoms. The Kier molecular flexibility index (Phi) is 7.34. The van der Waals surface area contributed by atoms with Gasteiger partial charge >= 0.3 is 6.18 Å². The lowest BCUT2D eigenvalue weighted by molar-refractivity contribution is -0.145. The third-order valence-corrected chi connectivity index (χ3v) is 4.70. The van der Waals surface area contributed by atoms with Crippen molar-refractivity contribution in [3.05, 3.63) is 47.5 Å². The zero-order chi connectivity index (χ0) is 21.2. The summed E-state index contributed by atoms with van der Waals surface area (Å²) in [6, 6.07) is 5.57. The number of hydrogen-bond acceptors (Lipinski definition) is 5. The summed E-state index contributed by atoms with van der Waals surface area (Å²) in [5.41, 5.74) is 1.61. The molecule has 2 aromatic rings. The lowest BCUT2D eigenvalue weighted by Crippen LogP contribution is -2.42. The van der Waals surface area contributed by atoms with E-state index in [2.05, 4.69) is 20.6 Å². The maximum atomic E-state index is 13.6. The molecule has 2 heterocycles. The van der Waals surface area contributed by atoms with Crippen LogP contribution in [0.15, 0.2) is 30.6 Å². The molecule has 1 fully saturated rings. The van der Waals surface area contributed by atoms with Crippen LogP contribution in [0.3, 0.4) is 0 Å². The zero-order valence-electron chi connectivity index (χ0n) is 15.7. The number of carbonyl (C=O) groups excluding carboxylic acids is 1. The predicted octanol–water partition coefficient (Wildman–Crippen LogP) is 3.16. The maximum absolute atomic E-state index is 13.6. The summed E-state index contributed by atoms with van der Waals surface area (Å²) in [4.78, 5) is 18.9. The number of nitriles is 1. The summed E-state index contributed by atoms with van der Waals surface area (Å²) in [7, 11) is 0. The number of hydrogen-bond donors (Lipinski definition) is 2. The van der Waals surface area contributed by atoms with E-state index in [4.69, 9.17) is 0 Å². The molecule has 1 aromatic carbocycles. The van der Waals surface area contributed by atoms with Gasteiger partial charge in [-0.2, -0.15) is 18.4 Å². The van der Waals surface area contributed by atoms with E-state index in [1.165, 1.54) is 6.07 Å². The number of halogens is 5. The van der Waals surface area contributed by atoms with Crippen LogP contribution >= 0.6 is 12.4 Å². The second kappa shape index (κ2) is 9.36. The van der Waals surface area contributed by atoms with Gasteiger partial charge in [-0.15, -0.1) is 12.4 Å². The van der Waals surface area contributed by atoms with Crippen molar-refractivity contribution in [3.8, 4) is 17.2 Å². The van der Waals surface area contributed by atoms with Crippen molar-refractivity contribution in [2.24, 2.45) is 0 Å². The van der Waals surface area contributed by atoms with E-state index in [1.54, 1.807) is 19.1 Å². The Morgan fingerprint density at radius 1 is 1.30 bits per heavy atom. The number of aromatic nitrogens is 2. The quantitative estimate of drug-likeness (QED) is 0.708. The number of nitrogens with one attached hydrogen (secondary N) is 2. The number of carbonyl (C=O) groups is 1. The van der Waals surface area contributed by atoms with Gasteiger partial charge in [0.05, 0.1) is 17.7 Å². The summed E-state index contributed by atoms with van der Waals surface area (Å²) in [6.07, 6.45) is -3.58. The Morgan fingerprint density at radius 2 is 1.97 bits per heavy atom. The molecule has 0 saturated carbocycles. The van der Waals surface area contributed by atoms with Gasteiger partial charge in [0.15, 0.2) is 0 Å². The fourth-order valence-electron chi connectivity index (χ4n) is 3.06. The molecule has 6 nitrogen and oxygen atoms in total. The van der Waals surface area contributed by atoms with E-state index in [9.17, 15) is 27.6 Å². The monoisotopic (exact) mass is 443 g/mol. The fourth-order valence-corrected chi connectivity index (χ4v) is 3.06. The topological polar surface area (TPSA) is 90.7 Å². The Labute approximate surface area is 176 Å². The molecular formula is C19H18ClF4N5O. The van der Waals surface area contributed by atoms with Crippen molar-refractivity contribution >= 4 is 18.3 Å². The van der Waals surface area contributed by atoms with Crippen LogP contribution in [0.1, 0.15) is 30.3 Å². The van der Waals surface area contributed by atoms with Crippen LogP contribution in [0.5, 0.6) is 0 Å². The number of benzene rings is 1. The number of alkyl halides is 4. The normalized spacial score (nSPS) is 20.9. The number of nitrogens with zero attached hydrogens (tertiary/aromatic N) is 3. The molecule has 30 heavy (non-hydrogen) atoms. The molecule has 3 atom stereocenters. The molecule has 1 aromatic heterocycles. The minimum atomic E-state index is -4.64. The highest BCUT2D eigenvalue weighted by molar-refractivity contribution is 5.85. The first-order valence-electron chi connectivity index (χ1n) is 8.79. The average molecular weight is 444 g/mol. The summed E-state index contributed by atoms with van der Waals surface area (Å²) in [5, 5.41) is 14.8. The number of rotatable bonds is 4. The predicted molar refractivity (Wildman–Crippen MR) is 102 cm³/mol. The van der Waals surface area contributed by atoms with Gasteiger partial charge in [-0.1, -0.05) is 6.07 Å². The number of amides is 1. The van der Waals surface area contributed by atoms with Crippen LogP contribution in [-0.2, 0) is 17.5 Å². The van der Waals surface area contributed by atoms with Gasteiger partial charge in [0.25, 0.3) is 0 Å². The van der Waals surface area contributed by atoms with Crippen molar-refractivity contribution in [3.63, 3.8) is 0 Å². The van der Waals surface area contributed by atoms with Gasteiger partial charge in [0.1, 0.15) is 6.17 Å². The van der Waals surface area contributed by atoms with E-state index >= 15 is 0 Å². The minimum Gasteiger partial charge on any atom is -0.351 e.